The van der Waals surface area contributed by atoms with Crippen molar-refractivity contribution >= 4 is 73.9 Å². The van der Waals surface area contributed by atoms with Crippen molar-refractivity contribution in [1.82, 2.24) is 10.2 Å². The molecular formula is C27H27Cl4N3O4S. The molecule has 0 aliphatic carbocycles. The third-order valence-electron chi connectivity index (χ3n) is 5.82. The molecule has 0 aromatic heterocycles. The molecule has 0 unspecified atom stereocenters. The van der Waals surface area contributed by atoms with Crippen molar-refractivity contribution < 1.29 is 18.0 Å². The largest absolute Gasteiger partial charge is 0.355 e. The van der Waals surface area contributed by atoms with Gasteiger partial charge in [0.25, 0.3) is 0 Å². The maximum absolute atomic E-state index is 14.0. The number of rotatable bonds is 11. The maximum atomic E-state index is 14.0. The van der Waals surface area contributed by atoms with Crippen molar-refractivity contribution in [3.8, 4) is 0 Å². The second kappa shape index (κ2) is 13.7. The van der Waals surface area contributed by atoms with E-state index in [1.54, 1.807) is 25.1 Å². The summed E-state index contributed by atoms with van der Waals surface area (Å²) in [7, 11) is -3.98. The summed E-state index contributed by atoms with van der Waals surface area (Å²) in [6, 6.07) is 17.5. The lowest BCUT2D eigenvalue weighted by Crippen LogP contribution is -2.53. The molecule has 0 saturated carbocycles. The molecule has 3 aromatic carbocycles. The number of likely N-dealkylation sites (N-methyl/N-ethyl adjacent to an activating group) is 1. The van der Waals surface area contributed by atoms with Gasteiger partial charge in [-0.3, -0.25) is 13.9 Å². The summed E-state index contributed by atoms with van der Waals surface area (Å²) < 4.78 is 26.5. The minimum Gasteiger partial charge on any atom is -0.355 e. The fourth-order valence-corrected chi connectivity index (χ4v) is 5.56. The van der Waals surface area contributed by atoms with Crippen molar-refractivity contribution in [3.63, 3.8) is 0 Å². The molecule has 1 N–H and O–H groups in total. The van der Waals surface area contributed by atoms with Gasteiger partial charge in [0.2, 0.25) is 21.8 Å². The minimum absolute atomic E-state index is 0.0365. The van der Waals surface area contributed by atoms with Gasteiger partial charge in [0.05, 0.1) is 27.0 Å². The summed E-state index contributed by atoms with van der Waals surface area (Å²) in [5.41, 5.74) is 1.47. The highest BCUT2D eigenvalue weighted by molar-refractivity contribution is 7.92. The van der Waals surface area contributed by atoms with Gasteiger partial charge in [-0.1, -0.05) is 82.8 Å². The Bertz CT molecular complexity index is 1440. The summed E-state index contributed by atoms with van der Waals surface area (Å²) in [6.45, 7) is 1.46. The molecule has 0 saturated heterocycles. The Kier molecular flexibility index (Phi) is 10.9. The number of sulfonamides is 1. The summed E-state index contributed by atoms with van der Waals surface area (Å²) in [5.74, 6) is -1.02. The Morgan fingerprint density at radius 2 is 1.54 bits per heavy atom. The number of nitrogens with one attached hydrogen (secondary N) is 1. The van der Waals surface area contributed by atoms with E-state index in [0.29, 0.717) is 17.1 Å². The van der Waals surface area contributed by atoms with E-state index in [1.165, 1.54) is 23.1 Å². The zero-order valence-corrected chi connectivity index (χ0v) is 25.0. The topological polar surface area (TPSA) is 86.8 Å². The average Bonchev–Trinajstić information content (AvgIpc) is 2.88. The third kappa shape index (κ3) is 8.50. The van der Waals surface area contributed by atoms with Crippen LogP contribution in [-0.2, 0) is 32.6 Å². The number of amides is 2. The first kappa shape index (κ1) is 31.0. The lowest BCUT2D eigenvalue weighted by molar-refractivity contribution is -0.140. The number of benzene rings is 3. The molecule has 0 radical (unpaired) electrons. The second-order valence-corrected chi connectivity index (χ2v) is 12.3. The fourth-order valence-electron chi connectivity index (χ4n) is 3.95. The number of carbonyl (C=O) groups is 2. The van der Waals surface area contributed by atoms with Crippen molar-refractivity contribution in [2.24, 2.45) is 0 Å². The highest BCUT2D eigenvalue weighted by Gasteiger charge is 2.33. The van der Waals surface area contributed by atoms with E-state index in [4.69, 9.17) is 46.4 Å². The lowest BCUT2D eigenvalue weighted by Gasteiger charge is -2.33. The van der Waals surface area contributed by atoms with Crippen LogP contribution in [0, 0.1) is 0 Å². The third-order valence-corrected chi connectivity index (χ3v) is 8.24. The normalized spacial score (nSPS) is 12.1. The van der Waals surface area contributed by atoms with Crippen LogP contribution in [0.5, 0.6) is 0 Å². The Morgan fingerprint density at radius 3 is 2.15 bits per heavy atom. The van der Waals surface area contributed by atoms with Crippen molar-refractivity contribution in [2.45, 2.75) is 25.9 Å². The molecule has 3 rings (SSSR count). The average molecular weight is 631 g/mol. The van der Waals surface area contributed by atoms with Gasteiger partial charge in [0.1, 0.15) is 12.6 Å². The Labute approximate surface area is 248 Å². The standard InChI is InChI=1S/C27H27Cl4N3O4S/c1-3-32-27(36)25(14-18-7-5-4-6-8-18)33(16-19-9-11-21(29)23(31)13-19)26(35)17-34(39(2,37)38)24-15-20(28)10-12-22(24)30/h4-13,15,25H,3,14,16-17H2,1-2H3,(H,32,36)/t25-/m1/s1. The van der Waals surface area contributed by atoms with Crippen LogP contribution >= 0.6 is 46.4 Å². The van der Waals surface area contributed by atoms with E-state index in [1.807, 2.05) is 30.3 Å². The fraction of sp³-hybridized carbons (Fsp3) is 0.259. The molecule has 0 aliphatic heterocycles. The zero-order chi connectivity index (χ0) is 28.7. The van der Waals surface area contributed by atoms with Crippen LogP contribution in [0.25, 0.3) is 0 Å². The smallest absolute Gasteiger partial charge is 0.244 e. The van der Waals surface area contributed by atoms with Gasteiger partial charge in [-0.25, -0.2) is 8.42 Å². The Hall–Kier alpha value is -2.49. The van der Waals surface area contributed by atoms with E-state index in [-0.39, 0.29) is 39.6 Å². The number of carbonyl (C=O) groups excluding carboxylic acids is 2. The van der Waals surface area contributed by atoms with Crippen LogP contribution < -0.4 is 9.62 Å². The van der Waals surface area contributed by atoms with Crippen molar-refractivity contribution in [3.05, 3.63) is 97.9 Å². The molecule has 1 atom stereocenters. The van der Waals surface area contributed by atoms with Gasteiger partial charge in [0.15, 0.2) is 0 Å². The number of hydrogen-bond donors (Lipinski definition) is 1. The predicted octanol–water partition coefficient (Wildman–Crippen LogP) is 5.84. The van der Waals surface area contributed by atoms with Crippen LogP contribution in [0.15, 0.2) is 66.7 Å². The van der Waals surface area contributed by atoms with E-state index in [9.17, 15) is 18.0 Å². The number of nitrogens with zero attached hydrogens (tertiary/aromatic N) is 2. The summed E-state index contributed by atoms with van der Waals surface area (Å²) in [5, 5.41) is 3.74. The first-order chi connectivity index (χ1) is 18.4. The first-order valence-electron chi connectivity index (χ1n) is 11.9. The van der Waals surface area contributed by atoms with Crippen molar-refractivity contribution in [2.75, 3.05) is 23.7 Å². The Morgan fingerprint density at radius 1 is 0.872 bits per heavy atom. The highest BCUT2D eigenvalue weighted by Crippen LogP contribution is 2.31. The monoisotopic (exact) mass is 629 g/mol. The highest BCUT2D eigenvalue weighted by atomic mass is 35.5. The van der Waals surface area contributed by atoms with Gasteiger partial charge < -0.3 is 10.2 Å². The molecule has 0 aliphatic rings. The van der Waals surface area contributed by atoms with Crippen LogP contribution in [-0.4, -0.2) is 50.5 Å². The van der Waals surface area contributed by atoms with Gasteiger partial charge in [-0.2, -0.15) is 0 Å². The number of anilines is 1. The van der Waals surface area contributed by atoms with Gasteiger partial charge >= 0.3 is 0 Å². The first-order valence-corrected chi connectivity index (χ1v) is 15.2. The molecular weight excluding hydrogens is 604 g/mol. The minimum atomic E-state index is -3.98. The molecule has 0 fully saturated rings. The quantitative estimate of drug-likeness (QED) is 0.288. The molecule has 0 spiro atoms. The van der Waals surface area contributed by atoms with Gasteiger partial charge in [-0.15, -0.1) is 0 Å². The van der Waals surface area contributed by atoms with Crippen LogP contribution in [0.4, 0.5) is 5.69 Å². The van der Waals surface area contributed by atoms with Crippen LogP contribution in [0.1, 0.15) is 18.1 Å². The SMILES string of the molecule is CCNC(=O)[C@@H](Cc1ccccc1)N(Cc1ccc(Cl)c(Cl)c1)C(=O)CN(c1cc(Cl)ccc1Cl)S(C)(=O)=O. The van der Waals surface area contributed by atoms with Crippen LogP contribution in [0.3, 0.4) is 0 Å². The number of hydrogen-bond acceptors (Lipinski definition) is 4. The molecule has 7 nitrogen and oxygen atoms in total. The van der Waals surface area contributed by atoms with E-state index >= 15 is 0 Å². The molecule has 0 bridgehead atoms. The Balaban J connectivity index is 2.08. The van der Waals surface area contributed by atoms with E-state index in [2.05, 4.69) is 5.32 Å². The molecule has 3 aromatic rings. The molecule has 0 heterocycles. The summed E-state index contributed by atoms with van der Waals surface area (Å²) in [4.78, 5) is 28.6. The van der Waals surface area contributed by atoms with Gasteiger partial charge in [-0.05, 0) is 48.4 Å². The molecule has 39 heavy (non-hydrogen) atoms. The second-order valence-electron chi connectivity index (χ2n) is 8.74. The van der Waals surface area contributed by atoms with E-state index < -0.39 is 28.5 Å². The van der Waals surface area contributed by atoms with Crippen molar-refractivity contribution in [1.29, 1.82) is 0 Å². The van der Waals surface area contributed by atoms with Gasteiger partial charge in [0, 0.05) is 24.5 Å². The lowest BCUT2D eigenvalue weighted by atomic mass is 10.0. The summed E-state index contributed by atoms with van der Waals surface area (Å²) in [6.07, 6.45) is 1.16. The van der Waals surface area contributed by atoms with Crippen LogP contribution in [0.2, 0.25) is 20.1 Å². The molecule has 12 heteroatoms. The zero-order valence-electron chi connectivity index (χ0n) is 21.2. The predicted molar refractivity (Wildman–Crippen MR) is 158 cm³/mol. The number of halogens is 4. The summed E-state index contributed by atoms with van der Waals surface area (Å²) >= 11 is 24.7. The van der Waals surface area contributed by atoms with E-state index in [0.717, 1.165) is 16.1 Å². The molecule has 2 amide bonds. The molecule has 208 valence electrons. The maximum Gasteiger partial charge on any atom is 0.244 e.